The Labute approximate surface area is 162 Å². The molecule has 0 fully saturated rings. The summed E-state index contributed by atoms with van der Waals surface area (Å²) in [6.07, 6.45) is 0.0972. The molecule has 4 amide bonds. The predicted octanol–water partition coefficient (Wildman–Crippen LogP) is 1.26. The minimum Gasteiger partial charge on any atom is -0.454 e. The normalized spacial score (nSPS) is 11.7. The molecular weight excluding hydrogens is 362 g/mol. The summed E-state index contributed by atoms with van der Waals surface area (Å²) in [5.41, 5.74) is 5.66. The first-order chi connectivity index (χ1) is 13.3. The number of amides is 4. The maximum atomic E-state index is 12.5. The number of hydrogen-bond donors (Lipinski definition) is 3. The van der Waals surface area contributed by atoms with Gasteiger partial charge in [0.15, 0.2) is 6.61 Å². The molecule has 2 aromatic carbocycles. The Hall–Kier alpha value is -3.42. The van der Waals surface area contributed by atoms with E-state index in [0.29, 0.717) is 0 Å². The van der Waals surface area contributed by atoms with Crippen molar-refractivity contribution in [2.45, 2.75) is 26.3 Å². The first-order valence-electron chi connectivity index (χ1n) is 8.80. The van der Waals surface area contributed by atoms with Crippen molar-refractivity contribution in [2.75, 3.05) is 6.61 Å². The van der Waals surface area contributed by atoms with E-state index < -0.39 is 30.6 Å². The van der Waals surface area contributed by atoms with Crippen molar-refractivity contribution in [1.82, 2.24) is 10.6 Å². The molecule has 0 aliphatic carbocycles. The molecule has 2 rings (SSSR count). The standard InChI is InChI=1S/C20H23N3O5/c1-12(2)18(19(26)28-11-17(25)23-20(21)27)22-16(24)10-14-8-5-7-13-6-3-4-9-15(13)14/h3-9,12,18H,10-11H2,1-2H3,(H,22,24)(H3,21,23,25,27)/t18-/m0/s1. The number of ether oxygens (including phenoxy) is 1. The third kappa shape index (κ3) is 5.80. The summed E-state index contributed by atoms with van der Waals surface area (Å²) < 4.78 is 4.88. The highest BCUT2D eigenvalue weighted by Crippen LogP contribution is 2.19. The van der Waals surface area contributed by atoms with Gasteiger partial charge in [0.2, 0.25) is 5.91 Å². The van der Waals surface area contributed by atoms with Crippen LogP contribution in [0.3, 0.4) is 0 Å². The third-order valence-corrected chi connectivity index (χ3v) is 4.08. The molecule has 0 saturated carbocycles. The van der Waals surface area contributed by atoms with Crippen LogP contribution < -0.4 is 16.4 Å². The predicted molar refractivity (Wildman–Crippen MR) is 103 cm³/mol. The Morgan fingerprint density at radius 1 is 1.00 bits per heavy atom. The van der Waals surface area contributed by atoms with Crippen LogP contribution in [0, 0.1) is 5.92 Å². The van der Waals surface area contributed by atoms with Crippen molar-refractivity contribution in [1.29, 1.82) is 0 Å². The van der Waals surface area contributed by atoms with Crippen LogP contribution in [0.1, 0.15) is 19.4 Å². The summed E-state index contributed by atoms with van der Waals surface area (Å²) in [5.74, 6) is -2.21. The van der Waals surface area contributed by atoms with Gasteiger partial charge in [-0.2, -0.15) is 0 Å². The zero-order valence-corrected chi connectivity index (χ0v) is 15.7. The number of carbonyl (C=O) groups excluding carboxylic acids is 4. The molecule has 4 N–H and O–H groups in total. The minimum absolute atomic E-state index is 0.0972. The number of hydrogen-bond acceptors (Lipinski definition) is 5. The number of benzene rings is 2. The van der Waals surface area contributed by atoms with Crippen molar-refractivity contribution < 1.29 is 23.9 Å². The van der Waals surface area contributed by atoms with E-state index in [4.69, 9.17) is 10.5 Å². The zero-order valence-electron chi connectivity index (χ0n) is 15.7. The number of fused-ring (bicyclic) bond motifs is 1. The van der Waals surface area contributed by atoms with Crippen LogP contribution in [0.4, 0.5) is 4.79 Å². The van der Waals surface area contributed by atoms with E-state index in [1.165, 1.54) is 0 Å². The Kier molecular flexibility index (Phi) is 7.08. The first kappa shape index (κ1) is 20.9. The minimum atomic E-state index is -1.04. The van der Waals surface area contributed by atoms with E-state index >= 15 is 0 Å². The number of urea groups is 1. The molecule has 2 aromatic rings. The molecular formula is C20H23N3O5. The highest BCUT2D eigenvalue weighted by atomic mass is 16.5. The van der Waals surface area contributed by atoms with Crippen LogP contribution in [0.25, 0.3) is 10.8 Å². The Bertz CT molecular complexity index is 889. The molecule has 0 aliphatic rings. The van der Waals surface area contributed by atoms with Crippen molar-refractivity contribution in [2.24, 2.45) is 11.7 Å². The Balaban J connectivity index is 2.01. The van der Waals surface area contributed by atoms with Gasteiger partial charge in [0.25, 0.3) is 5.91 Å². The van der Waals surface area contributed by atoms with Gasteiger partial charge >= 0.3 is 12.0 Å². The maximum absolute atomic E-state index is 12.5. The summed E-state index contributed by atoms with van der Waals surface area (Å²) >= 11 is 0. The zero-order chi connectivity index (χ0) is 20.7. The number of rotatable bonds is 7. The van der Waals surface area contributed by atoms with Gasteiger partial charge in [-0.1, -0.05) is 56.3 Å². The quantitative estimate of drug-likeness (QED) is 0.618. The number of nitrogens with two attached hydrogens (primary N) is 1. The lowest BCUT2D eigenvalue weighted by Gasteiger charge is -2.21. The van der Waals surface area contributed by atoms with E-state index in [1.807, 2.05) is 42.5 Å². The van der Waals surface area contributed by atoms with Crippen LogP contribution in [0.15, 0.2) is 42.5 Å². The summed E-state index contributed by atoms with van der Waals surface area (Å²) in [4.78, 5) is 46.7. The highest BCUT2D eigenvalue weighted by molar-refractivity contribution is 5.95. The lowest BCUT2D eigenvalue weighted by molar-refractivity contribution is -0.152. The molecule has 0 aliphatic heterocycles. The summed E-state index contributed by atoms with van der Waals surface area (Å²) in [6, 6.07) is 11.4. The lowest BCUT2D eigenvalue weighted by atomic mass is 10.0. The molecule has 0 aromatic heterocycles. The molecule has 0 saturated heterocycles. The Morgan fingerprint density at radius 3 is 2.36 bits per heavy atom. The molecule has 0 unspecified atom stereocenters. The van der Waals surface area contributed by atoms with Gasteiger partial charge in [-0.15, -0.1) is 0 Å². The average molecular weight is 385 g/mol. The van der Waals surface area contributed by atoms with E-state index in [2.05, 4.69) is 5.32 Å². The van der Waals surface area contributed by atoms with Crippen LogP contribution in [-0.2, 0) is 25.5 Å². The second-order valence-corrected chi connectivity index (χ2v) is 6.62. The molecule has 0 bridgehead atoms. The van der Waals surface area contributed by atoms with E-state index in [1.54, 1.807) is 19.2 Å². The monoisotopic (exact) mass is 385 g/mol. The lowest BCUT2D eigenvalue weighted by Crippen LogP contribution is -2.47. The summed E-state index contributed by atoms with van der Waals surface area (Å²) in [7, 11) is 0. The fourth-order valence-electron chi connectivity index (χ4n) is 2.74. The molecule has 0 heterocycles. The Morgan fingerprint density at radius 2 is 1.68 bits per heavy atom. The summed E-state index contributed by atoms with van der Waals surface area (Å²) in [5, 5.41) is 6.44. The van der Waals surface area contributed by atoms with E-state index in [9.17, 15) is 19.2 Å². The molecule has 28 heavy (non-hydrogen) atoms. The smallest absolute Gasteiger partial charge is 0.329 e. The van der Waals surface area contributed by atoms with Gasteiger partial charge in [0.05, 0.1) is 6.42 Å². The third-order valence-electron chi connectivity index (χ3n) is 4.08. The molecule has 0 spiro atoms. The van der Waals surface area contributed by atoms with Gasteiger partial charge in [0, 0.05) is 0 Å². The summed E-state index contributed by atoms with van der Waals surface area (Å²) in [6.45, 7) is 2.82. The molecule has 0 radical (unpaired) electrons. The van der Waals surface area contributed by atoms with Gasteiger partial charge in [-0.3, -0.25) is 14.9 Å². The van der Waals surface area contributed by atoms with Crippen LogP contribution >= 0.6 is 0 Å². The van der Waals surface area contributed by atoms with Gasteiger partial charge < -0.3 is 15.8 Å². The molecule has 8 nitrogen and oxygen atoms in total. The second-order valence-electron chi connectivity index (χ2n) is 6.62. The van der Waals surface area contributed by atoms with Crippen LogP contribution in [0.2, 0.25) is 0 Å². The fourth-order valence-corrected chi connectivity index (χ4v) is 2.74. The van der Waals surface area contributed by atoms with Crippen molar-refractivity contribution in [3.05, 3.63) is 48.0 Å². The first-order valence-corrected chi connectivity index (χ1v) is 8.80. The SMILES string of the molecule is CC(C)[C@H](NC(=O)Cc1cccc2ccccc12)C(=O)OCC(=O)NC(N)=O. The van der Waals surface area contributed by atoms with Crippen molar-refractivity contribution >= 4 is 34.6 Å². The number of carbonyl (C=O) groups is 4. The number of primary amides is 1. The van der Waals surface area contributed by atoms with E-state index in [0.717, 1.165) is 16.3 Å². The van der Waals surface area contributed by atoms with Gasteiger partial charge in [0.1, 0.15) is 6.04 Å². The largest absolute Gasteiger partial charge is 0.454 e. The van der Waals surface area contributed by atoms with Gasteiger partial charge in [-0.25, -0.2) is 9.59 Å². The molecule has 148 valence electrons. The van der Waals surface area contributed by atoms with Crippen LogP contribution in [-0.4, -0.2) is 36.5 Å². The van der Waals surface area contributed by atoms with Crippen LogP contribution in [0.5, 0.6) is 0 Å². The topological polar surface area (TPSA) is 128 Å². The fraction of sp³-hybridized carbons (Fsp3) is 0.300. The van der Waals surface area contributed by atoms with Crippen molar-refractivity contribution in [3.63, 3.8) is 0 Å². The molecule has 8 heteroatoms. The number of esters is 1. The molecule has 1 atom stereocenters. The maximum Gasteiger partial charge on any atom is 0.329 e. The highest BCUT2D eigenvalue weighted by Gasteiger charge is 2.26. The average Bonchev–Trinajstić information content (AvgIpc) is 2.63. The van der Waals surface area contributed by atoms with Gasteiger partial charge in [-0.05, 0) is 22.3 Å². The number of nitrogens with one attached hydrogen (secondary N) is 2. The van der Waals surface area contributed by atoms with Crippen molar-refractivity contribution in [3.8, 4) is 0 Å². The second kappa shape index (κ2) is 9.50. The number of imide groups is 1. The van der Waals surface area contributed by atoms with E-state index in [-0.39, 0.29) is 18.2 Å².